The molecule has 0 unspecified atom stereocenters. The maximum absolute atomic E-state index is 13.5. The van der Waals surface area contributed by atoms with E-state index in [1.165, 1.54) is 25.5 Å². The number of ether oxygens (including phenoxy) is 1. The van der Waals surface area contributed by atoms with Crippen molar-refractivity contribution < 1.29 is 17.9 Å². The molecule has 4 aromatic rings. The van der Waals surface area contributed by atoms with Crippen LogP contribution in [0.25, 0.3) is 5.69 Å². The number of amides is 1. The molecule has 1 N–H and O–H groups in total. The van der Waals surface area contributed by atoms with E-state index in [9.17, 15) is 13.2 Å². The number of halogens is 1. The summed E-state index contributed by atoms with van der Waals surface area (Å²) in [7, 11) is -2.63. The molecule has 3 aromatic carbocycles. The zero-order chi connectivity index (χ0) is 27.3. The van der Waals surface area contributed by atoms with Crippen LogP contribution in [-0.2, 0) is 14.8 Å². The van der Waals surface area contributed by atoms with Gasteiger partial charge in [-0.05, 0) is 68.4 Å². The average Bonchev–Trinajstić information content (AvgIpc) is 3.20. The number of aromatic nitrogens is 1. The highest BCUT2D eigenvalue weighted by Gasteiger charge is 2.29. The van der Waals surface area contributed by atoms with Crippen molar-refractivity contribution >= 4 is 39.4 Å². The molecule has 0 spiro atoms. The van der Waals surface area contributed by atoms with Crippen LogP contribution in [0.4, 0.5) is 5.69 Å². The van der Waals surface area contributed by atoms with Crippen molar-refractivity contribution in [3.63, 3.8) is 0 Å². The maximum atomic E-state index is 13.5. The van der Waals surface area contributed by atoms with Gasteiger partial charge >= 0.3 is 0 Å². The highest BCUT2D eigenvalue weighted by molar-refractivity contribution is 7.92. The van der Waals surface area contributed by atoms with Crippen LogP contribution in [0.2, 0.25) is 5.02 Å². The lowest BCUT2D eigenvalue weighted by molar-refractivity contribution is -0.119. The van der Waals surface area contributed by atoms with Crippen molar-refractivity contribution in [1.29, 1.82) is 0 Å². The summed E-state index contributed by atoms with van der Waals surface area (Å²) >= 11 is 6.02. The minimum atomic E-state index is -4.07. The molecule has 8 nitrogen and oxygen atoms in total. The minimum absolute atomic E-state index is 0.0526. The van der Waals surface area contributed by atoms with Crippen molar-refractivity contribution in [2.45, 2.75) is 18.7 Å². The first-order valence-corrected chi connectivity index (χ1v) is 13.5. The fraction of sp³-hybridized carbons (Fsp3) is 0.143. The SMILES string of the molecule is COc1ccccc1N(CC(=O)N/N=C\c1cc(C)n(-c2ccc(Cl)cc2)c1C)S(=O)(=O)c1ccccc1. The van der Waals surface area contributed by atoms with Gasteiger partial charge in [-0.25, -0.2) is 13.8 Å². The molecule has 0 radical (unpaired) electrons. The summed E-state index contributed by atoms with van der Waals surface area (Å²) in [4.78, 5) is 13.0. The molecule has 0 saturated carbocycles. The molecule has 0 atom stereocenters. The van der Waals surface area contributed by atoms with Gasteiger partial charge in [0.15, 0.2) is 0 Å². The van der Waals surface area contributed by atoms with Gasteiger partial charge in [0.25, 0.3) is 15.9 Å². The molecule has 1 amide bonds. The summed E-state index contributed by atoms with van der Waals surface area (Å²) in [5.41, 5.74) is 6.35. The Morgan fingerprint density at radius 2 is 1.68 bits per heavy atom. The van der Waals surface area contributed by atoms with E-state index in [0.29, 0.717) is 10.8 Å². The topological polar surface area (TPSA) is 93.0 Å². The van der Waals surface area contributed by atoms with E-state index in [4.69, 9.17) is 16.3 Å². The van der Waals surface area contributed by atoms with E-state index < -0.39 is 22.5 Å². The zero-order valence-corrected chi connectivity index (χ0v) is 22.7. The molecule has 196 valence electrons. The molecular weight excluding hydrogens is 524 g/mol. The van der Waals surface area contributed by atoms with Crippen LogP contribution >= 0.6 is 11.6 Å². The zero-order valence-electron chi connectivity index (χ0n) is 21.1. The molecule has 1 aromatic heterocycles. The number of benzene rings is 3. The van der Waals surface area contributed by atoms with Gasteiger partial charge in [-0.2, -0.15) is 5.10 Å². The molecular formula is C28H27ClN4O4S. The number of hydrazone groups is 1. The number of hydrogen-bond acceptors (Lipinski definition) is 5. The Bertz CT molecular complexity index is 1570. The Morgan fingerprint density at radius 3 is 2.37 bits per heavy atom. The molecule has 4 rings (SSSR count). The fourth-order valence-corrected chi connectivity index (χ4v) is 5.68. The molecule has 1 heterocycles. The Labute approximate surface area is 227 Å². The predicted octanol–water partition coefficient (Wildman–Crippen LogP) is 5.10. The first kappa shape index (κ1) is 27.0. The van der Waals surface area contributed by atoms with Crippen molar-refractivity contribution in [3.05, 3.63) is 107 Å². The number of anilines is 1. The quantitative estimate of drug-likeness (QED) is 0.232. The van der Waals surface area contributed by atoms with Crippen LogP contribution in [-0.4, -0.2) is 38.8 Å². The van der Waals surface area contributed by atoms with E-state index >= 15 is 0 Å². The number of methoxy groups -OCH3 is 1. The second-order valence-electron chi connectivity index (χ2n) is 8.43. The summed E-state index contributed by atoms with van der Waals surface area (Å²) in [5, 5.41) is 4.75. The van der Waals surface area contributed by atoms with Crippen molar-refractivity contribution in [2.24, 2.45) is 5.10 Å². The summed E-state index contributed by atoms with van der Waals surface area (Å²) in [6.07, 6.45) is 1.53. The van der Waals surface area contributed by atoms with Gasteiger partial charge in [0, 0.05) is 27.7 Å². The van der Waals surface area contributed by atoms with E-state index in [0.717, 1.165) is 26.9 Å². The standard InChI is InChI=1S/C28H27ClN4O4S/c1-20-17-22(21(2)33(20)24-15-13-23(29)14-16-24)18-30-31-28(34)19-32(26-11-7-8-12-27(26)37-3)38(35,36)25-9-5-4-6-10-25/h4-18H,19H2,1-3H3,(H,31,34)/b30-18-. The van der Waals surface area contributed by atoms with Gasteiger partial charge in [-0.3, -0.25) is 9.10 Å². The Balaban J connectivity index is 1.57. The number of sulfonamides is 1. The van der Waals surface area contributed by atoms with Gasteiger partial charge in [-0.15, -0.1) is 0 Å². The van der Waals surface area contributed by atoms with Crippen LogP contribution in [0.1, 0.15) is 17.0 Å². The predicted molar refractivity (Wildman–Crippen MR) is 150 cm³/mol. The van der Waals surface area contributed by atoms with E-state index in [-0.39, 0.29) is 10.6 Å². The molecule has 10 heteroatoms. The molecule has 38 heavy (non-hydrogen) atoms. The number of rotatable bonds is 9. The number of para-hydroxylation sites is 2. The number of nitrogens with one attached hydrogen (secondary N) is 1. The summed E-state index contributed by atoms with van der Waals surface area (Å²) in [6, 6.07) is 24.0. The third-order valence-corrected chi connectivity index (χ3v) is 7.95. The second kappa shape index (κ2) is 11.5. The van der Waals surface area contributed by atoms with Crippen LogP contribution in [0, 0.1) is 13.8 Å². The fourth-order valence-electron chi connectivity index (χ4n) is 4.10. The summed E-state index contributed by atoms with van der Waals surface area (Å²) in [6.45, 7) is 3.41. The van der Waals surface area contributed by atoms with Crippen molar-refractivity contribution in [1.82, 2.24) is 9.99 Å². The van der Waals surface area contributed by atoms with Crippen LogP contribution in [0.3, 0.4) is 0 Å². The summed E-state index contributed by atoms with van der Waals surface area (Å²) < 4.78 is 35.5. The van der Waals surface area contributed by atoms with Gasteiger partial charge in [0.05, 0.1) is 23.9 Å². The normalized spacial score (nSPS) is 11.5. The van der Waals surface area contributed by atoms with Gasteiger partial charge in [0.1, 0.15) is 12.3 Å². The Kier molecular flexibility index (Phi) is 8.19. The summed E-state index contributed by atoms with van der Waals surface area (Å²) in [5.74, 6) is -0.295. The lowest BCUT2D eigenvalue weighted by Gasteiger charge is -2.25. The molecule has 0 aliphatic rings. The molecule has 0 saturated heterocycles. The van der Waals surface area contributed by atoms with E-state index in [1.807, 2.05) is 44.2 Å². The molecule has 0 aliphatic carbocycles. The number of nitrogens with zero attached hydrogens (tertiary/aromatic N) is 3. The minimum Gasteiger partial charge on any atom is -0.495 e. The lowest BCUT2D eigenvalue weighted by Crippen LogP contribution is -2.39. The molecule has 0 aliphatic heterocycles. The third-order valence-electron chi connectivity index (χ3n) is 5.92. The number of aryl methyl sites for hydroxylation is 1. The Morgan fingerprint density at radius 1 is 1.03 bits per heavy atom. The largest absolute Gasteiger partial charge is 0.495 e. The van der Waals surface area contributed by atoms with Crippen LogP contribution < -0.4 is 14.5 Å². The van der Waals surface area contributed by atoms with Crippen LogP contribution in [0.5, 0.6) is 5.75 Å². The average molecular weight is 551 g/mol. The smallest absolute Gasteiger partial charge is 0.264 e. The second-order valence-corrected chi connectivity index (χ2v) is 10.7. The first-order valence-electron chi connectivity index (χ1n) is 11.7. The van der Waals surface area contributed by atoms with E-state index in [1.54, 1.807) is 42.5 Å². The van der Waals surface area contributed by atoms with Crippen molar-refractivity contribution in [2.75, 3.05) is 18.0 Å². The van der Waals surface area contributed by atoms with Crippen LogP contribution in [0.15, 0.2) is 94.9 Å². The number of carbonyl (C=O) groups is 1. The Hall–Kier alpha value is -4.08. The van der Waals surface area contributed by atoms with Crippen molar-refractivity contribution in [3.8, 4) is 11.4 Å². The lowest BCUT2D eigenvalue weighted by atomic mass is 10.2. The molecule has 0 fully saturated rings. The first-order chi connectivity index (χ1) is 18.2. The number of hydrogen-bond donors (Lipinski definition) is 1. The van der Waals surface area contributed by atoms with Gasteiger partial charge in [0.2, 0.25) is 0 Å². The maximum Gasteiger partial charge on any atom is 0.264 e. The highest BCUT2D eigenvalue weighted by Crippen LogP contribution is 2.32. The highest BCUT2D eigenvalue weighted by atomic mass is 35.5. The van der Waals surface area contributed by atoms with Gasteiger partial charge < -0.3 is 9.30 Å². The monoisotopic (exact) mass is 550 g/mol. The number of carbonyl (C=O) groups excluding carboxylic acids is 1. The van der Waals surface area contributed by atoms with Gasteiger partial charge in [-0.1, -0.05) is 41.9 Å². The van der Waals surface area contributed by atoms with E-state index in [2.05, 4.69) is 15.1 Å². The molecule has 0 bridgehead atoms. The third kappa shape index (κ3) is 5.74.